The summed E-state index contributed by atoms with van der Waals surface area (Å²) in [7, 11) is 0. The number of allylic oxidation sites excluding steroid dienone is 2. The molecule has 100 valence electrons. The summed E-state index contributed by atoms with van der Waals surface area (Å²) < 4.78 is 5.66. The number of alkyl halides is 1. The van der Waals surface area contributed by atoms with Crippen LogP contribution in [0.1, 0.15) is 33.1 Å². The molecule has 3 unspecified atom stereocenters. The largest absolute Gasteiger partial charge is 0.490 e. The number of carbonyl (C=O) groups is 1. The lowest BCUT2D eigenvalue weighted by Crippen LogP contribution is -2.38. The van der Waals surface area contributed by atoms with Gasteiger partial charge in [-0.15, -0.1) is 18.2 Å². The first kappa shape index (κ1) is 13.6. The van der Waals surface area contributed by atoms with E-state index in [0.717, 1.165) is 0 Å². The van der Waals surface area contributed by atoms with E-state index in [9.17, 15) is 9.90 Å². The Labute approximate surface area is 112 Å². The summed E-state index contributed by atoms with van der Waals surface area (Å²) in [6.07, 6.45) is 4.29. The van der Waals surface area contributed by atoms with Crippen molar-refractivity contribution in [1.29, 1.82) is 0 Å². The molecule has 0 aromatic carbocycles. The van der Waals surface area contributed by atoms with Crippen LogP contribution in [0.15, 0.2) is 24.5 Å². The molecule has 3 nitrogen and oxygen atoms in total. The monoisotopic (exact) mass is 270 g/mol. The maximum atomic E-state index is 11.9. The average molecular weight is 271 g/mol. The van der Waals surface area contributed by atoms with Gasteiger partial charge in [-0.3, -0.25) is 4.79 Å². The van der Waals surface area contributed by atoms with Crippen molar-refractivity contribution in [2.75, 3.05) is 0 Å². The lowest BCUT2D eigenvalue weighted by Gasteiger charge is -2.29. The molecule has 18 heavy (non-hydrogen) atoms. The van der Waals surface area contributed by atoms with Crippen molar-refractivity contribution in [3.8, 4) is 0 Å². The van der Waals surface area contributed by atoms with Crippen molar-refractivity contribution in [2.45, 2.75) is 49.7 Å². The van der Waals surface area contributed by atoms with Crippen LogP contribution in [-0.2, 0) is 9.53 Å². The predicted octanol–water partition coefficient (Wildman–Crippen LogP) is 2.57. The zero-order valence-electron chi connectivity index (χ0n) is 10.8. The van der Waals surface area contributed by atoms with Crippen LogP contribution in [0.4, 0.5) is 0 Å². The van der Waals surface area contributed by atoms with Crippen LogP contribution in [0, 0.1) is 5.92 Å². The Kier molecular flexibility index (Phi) is 3.32. The maximum Gasteiger partial charge on any atom is 0.162 e. The average Bonchev–Trinajstić information content (AvgIpc) is 2.56. The minimum atomic E-state index is -1.04. The van der Waals surface area contributed by atoms with Crippen molar-refractivity contribution in [1.82, 2.24) is 0 Å². The zero-order chi connectivity index (χ0) is 13.6. The molecule has 0 bridgehead atoms. The third kappa shape index (κ3) is 2.34. The highest BCUT2D eigenvalue weighted by atomic mass is 35.5. The molecule has 1 saturated heterocycles. The van der Waals surface area contributed by atoms with Gasteiger partial charge in [0.15, 0.2) is 5.78 Å². The van der Waals surface area contributed by atoms with Crippen LogP contribution in [0.25, 0.3) is 0 Å². The molecule has 2 aliphatic rings. The minimum Gasteiger partial charge on any atom is -0.490 e. The second kappa shape index (κ2) is 4.39. The van der Waals surface area contributed by atoms with Crippen LogP contribution in [-0.4, -0.2) is 27.5 Å². The van der Waals surface area contributed by atoms with Crippen molar-refractivity contribution in [3.05, 3.63) is 24.5 Å². The number of rotatable bonds is 3. The van der Waals surface area contributed by atoms with E-state index in [1.807, 2.05) is 13.8 Å². The van der Waals surface area contributed by atoms with Gasteiger partial charge in [0.1, 0.15) is 17.5 Å². The van der Waals surface area contributed by atoms with E-state index in [2.05, 4.69) is 6.58 Å². The molecule has 0 saturated carbocycles. The minimum absolute atomic E-state index is 0.00241. The van der Waals surface area contributed by atoms with Gasteiger partial charge in [0, 0.05) is 18.4 Å². The first-order valence-corrected chi connectivity index (χ1v) is 6.59. The molecule has 4 heteroatoms. The molecule has 3 atom stereocenters. The lowest BCUT2D eigenvalue weighted by atomic mass is 9.77. The second-order valence-corrected chi connectivity index (χ2v) is 6.72. The van der Waals surface area contributed by atoms with Gasteiger partial charge in [-0.2, -0.15) is 0 Å². The SMILES string of the molecule is C=CCC1CC2(O)CC(C(C)(C)Cl)OC2=CC1=O. The summed E-state index contributed by atoms with van der Waals surface area (Å²) in [5.41, 5.74) is -1.04. The van der Waals surface area contributed by atoms with Crippen LogP contribution < -0.4 is 0 Å². The van der Waals surface area contributed by atoms with E-state index >= 15 is 0 Å². The Morgan fingerprint density at radius 2 is 2.33 bits per heavy atom. The topological polar surface area (TPSA) is 46.5 Å². The van der Waals surface area contributed by atoms with Gasteiger partial charge < -0.3 is 9.84 Å². The second-order valence-electron chi connectivity index (χ2n) is 5.74. The molecule has 1 heterocycles. The molecule has 0 radical (unpaired) electrons. The standard InChI is InChI=1S/C14H19ClO3/c1-4-5-9-7-14(17)8-12(13(2,3)15)18-11(14)6-10(9)16/h4,6,9,12,17H,1,5,7-8H2,2-3H3. The molecule has 1 fully saturated rings. The summed E-state index contributed by atoms with van der Waals surface area (Å²) in [5, 5.41) is 10.6. The quantitative estimate of drug-likeness (QED) is 0.633. The zero-order valence-corrected chi connectivity index (χ0v) is 11.5. The fraction of sp³-hybridized carbons (Fsp3) is 0.643. The number of fused-ring (bicyclic) bond motifs is 1. The molecular formula is C14H19ClO3. The summed E-state index contributed by atoms with van der Waals surface area (Å²) in [4.78, 5) is 11.3. The van der Waals surface area contributed by atoms with Crippen LogP contribution >= 0.6 is 11.6 Å². The molecule has 1 aliphatic heterocycles. The van der Waals surface area contributed by atoms with Gasteiger partial charge in [-0.25, -0.2) is 0 Å². The van der Waals surface area contributed by atoms with Gasteiger partial charge in [0.25, 0.3) is 0 Å². The highest BCUT2D eigenvalue weighted by Gasteiger charge is 2.52. The predicted molar refractivity (Wildman–Crippen MR) is 70.4 cm³/mol. The van der Waals surface area contributed by atoms with Crippen LogP contribution in [0.5, 0.6) is 0 Å². The number of halogens is 1. The Morgan fingerprint density at radius 3 is 2.89 bits per heavy atom. The Hall–Kier alpha value is -0.800. The number of hydrogen-bond acceptors (Lipinski definition) is 3. The smallest absolute Gasteiger partial charge is 0.162 e. The normalized spacial score (nSPS) is 35.8. The summed E-state index contributed by atoms with van der Waals surface area (Å²) in [5.74, 6) is 0.186. The van der Waals surface area contributed by atoms with Gasteiger partial charge in [0.05, 0.1) is 4.87 Å². The molecule has 0 aromatic rings. The third-order valence-corrected chi connectivity index (χ3v) is 3.97. The van der Waals surface area contributed by atoms with E-state index in [-0.39, 0.29) is 17.8 Å². The molecule has 0 spiro atoms. The Morgan fingerprint density at radius 1 is 1.67 bits per heavy atom. The Bertz CT molecular complexity index is 408. The first-order chi connectivity index (χ1) is 8.26. The highest BCUT2D eigenvalue weighted by Crippen LogP contribution is 2.46. The van der Waals surface area contributed by atoms with Crippen LogP contribution in [0.2, 0.25) is 0 Å². The molecule has 0 amide bonds. The van der Waals surface area contributed by atoms with Gasteiger partial charge >= 0.3 is 0 Å². The van der Waals surface area contributed by atoms with E-state index in [0.29, 0.717) is 25.0 Å². The van der Waals surface area contributed by atoms with Gasteiger partial charge in [-0.05, 0) is 26.7 Å². The van der Waals surface area contributed by atoms with Gasteiger partial charge in [0.2, 0.25) is 0 Å². The number of ketones is 1. The molecule has 1 N–H and O–H groups in total. The lowest BCUT2D eigenvalue weighted by molar-refractivity contribution is -0.121. The van der Waals surface area contributed by atoms with Crippen molar-refractivity contribution in [3.63, 3.8) is 0 Å². The van der Waals surface area contributed by atoms with Crippen LogP contribution in [0.3, 0.4) is 0 Å². The number of carbonyl (C=O) groups excluding carboxylic acids is 1. The van der Waals surface area contributed by atoms with Crippen molar-refractivity contribution < 1.29 is 14.6 Å². The van der Waals surface area contributed by atoms with E-state index < -0.39 is 10.5 Å². The number of hydrogen-bond donors (Lipinski definition) is 1. The first-order valence-electron chi connectivity index (χ1n) is 6.21. The maximum absolute atomic E-state index is 11.9. The van der Waals surface area contributed by atoms with Crippen molar-refractivity contribution in [2.24, 2.45) is 5.92 Å². The number of ether oxygens (including phenoxy) is 1. The van der Waals surface area contributed by atoms with E-state index in [1.54, 1.807) is 6.08 Å². The van der Waals surface area contributed by atoms with Crippen molar-refractivity contribution >= 4 is 17.4 Å². The fourth-order valence-electron chi connectivity index (χ4n) is 2.60. The highest BCUT2D eigenvalue weighted by molar-refractivity contribution is 6.23. The van der Waals surface area contributed by atoms with E-state index in [4.69, 9.17) is 16.3 Å². The molecule has 0 aromatic heterocycles. The summed E-state index contributed by atoms with van der Waals surface area (Å²) in [6.45, 7) is 7.35. The Balaban J connectivity index is 2.24. The number of aliphatic hydroxyl groups is 1. The molecule has 2 rings (SSSR count). The molecular weight excluding hydrogens is 252 g/mol. The van der Waals surface area contributed by atoms with Gasteiger partial charge in [-0.1, -0.05) is 6.08 Å². The summed E-state index contributed by atoms with van der Waals surface area (Å²) in [6, 6.07) is 0. The van der Waals surface area contributed by atoms with E-state index in [1.165, 1.54) is 6.08 Å². The third-order valence-electron chi connectivity index (χ3n) is 3.73. The molecule has 1 aliphatic carbocycles. The summed E-state index contributed by atoms with van der Waals surface area (Å²) >= 11 is 6.24. The fourth-order valence-corrected chi connectivity index (χ4v) is 2.72.